The summed E-state index contributed by atoms with van der Waals surface area (Å²) in [7, 11) is 0. The van der Waals surface area contributed by atoms with Crippen LogP contribution < -0.4 is 37.6 Å². The number of carboxylic acids is 1. The summed E-state index contributed by atoms with van der Waals surface area (Å²) in [6.07, 6.45) is 4.81. The fourth-order valence-corrected chi connectivity index (χ4v) is 5.47. The number of carboxylic acid groups (broad SMARTS) is 1. The summed E-state index contributed by atoms with van der Waals surface area (Å²) in [5.41, 5.74) is 5.32. The van der Waals surface area contributed by atoms with E-state index in [0.717, 1.165) is 25.7 Å². The first-order valence-electron chi connectivity index (χ1n) is 19.4. The van der Waals surface area contributed by atoms with Gasteiger partial charge in [-0.25, -0.2) is 0 Å². The minimum Gasteiger partial charge on any atom is -0.481 e. The number of unbranched alkanes of at least 4 members (excludes halogenated alkanes) is 6. The van der Waals surface area contributed by atoms with Crippen LogP contribution in [0.5, 0.6) is 0 Å². The molecule has 0 aromatic heterocycles. The van der Waals surface area contributed by atoms with E-state index in [1.165, 1.54) is 26.7 Å². The standard InChI is InChI=1S/C37H67N7O11/c1-8-9-10-11-12-13-14-17-27(45)43-30(21(2)3)37(55)44-31(22(4)5)36(54)40-23(6)33(51)39-24(7)34(52)42-26(16-15-18-28(46)47)35(53)41-25(32(38)50)19-20-29(48)49/h21-26,29-31,48-49H,8-20H2,1-7H3,(H2,38,50)(H,39,51)(H,40,54)(H,41,53)(H,42,52)(H,43,45)(H,44,55)(H,46,47)/t23-,24-,25-,26-,30-,31-/m0/s1. The molecule has 0 heterocycles. The number of carbonyl (C=O) groups is 8. The van der Waals surface area contributed by atoms with Gasteiger partial charge in [0, 0.05) is 19.3 Å². The first-order valence-corrected chi connectivity index (χ1v) is 19.4. The number of hydrogen-bond acceptors (Lipinski definition) is 10. The van der Waals surface area contributed by atoms with Crippen molar-refractivity contribution < 1.29 is 53.7 Å². The Morgan fingerprint density at radius 3 is 1.49 bits per heavy atom. The molecule has 0 aromatic carbocycles. The molecule has 0 unspecified atom stereocenters. The van der Waals surface area contributed by atoms with Crippen LogP contribution in [0.15, 0.2) is 0 Å². The molecule has 6 atom stereocenters. The maximum absolute atomic E-state index is 13.3. The Labute approximate surface area is 324 Å². The highest BCUT2D eigenvalue weighted by Crippen LogP contribution is 2.11. The summed E-state index contributed by atoms with van der Waals surface area (Å²) in [6, 6.07) is -7.06. The van der Waals surface area contributed by atoms with Crippen molar-refractivity contribution in [2.75, 3.05) is 0 Å². The van der Waals surface area contributed by atoms with Crippen molar-refractivity contribution in [2.24, 2.45) is 17.6 Å². The lowest BCUT2D eigenvalue weighted by atomic mass is 9.99. The molecule has 11 N–H and O–H groups in total. The van der Waals surface area contributed by atoms with Gasteiger partial charge in [-0.15, -0.1) is 0 Å². The van der Waals surface area contributed by atoms with Crippen molar-refractivity contribution in [2.45, 2.75) is 174 Å². The highest BCUT2D eigenvalue weighted by Gasteiger charge is 2.33. The lowest BCUT2D eigenvalue weighted by Crippen LogP contribution is -2.59. The van der Waals surface area contributed by atoms with Gasteiger partial charge in [-0.2, -0.15) is 0 Å². The molecule has 0 saturated heterocycles. The van der Waals surface area contributed by atoms with Gasteiger partial charge in [-0.05, 0) is 51.4 Å². The zero-order chi connectivity index (χ0) is 42.2. The van der Waals surface area contributed by atoms with E-state index < -0.39 is 89.9 Å². The molecule has 55 heavy (non-hydrogen) atoms. The van der Waals surface area contributed by atoms with Crippen LogP contribution in [0, 0.1) is 11.8 Å². The van der Waals surface area contributed by atoms with Gasteiger partial charge < -0.3 is 53.0 Å². The smallest absolute Gasteiger partial charge is 0.303 e. The topological polar surface area (TPSA) is 295 Å². The van der Waals surface area contributed by atoms with Crippen LogP contribution in [0.4, 0.5) is 0 Å². The molecule has 0 aliphatic rings. The molecule has 0 bridgehead atoms. The number of nitrogens with one attached hydrogen (secondary N) is 6. The third kappa shape index (κ3) is 22.0. The molecule has 316 valence electrons. The molecule has 0 aromatic rings. The van der Waals surface area contributed by atoms with Crippen molar-refractivity contribution in [1.29, 1.82) is 0 Å². The Morgan fingerprint density at radius 1 is 0.509 bits per heavy atom. The molecule has 7 amide bonds. The second-order valence-electron chi connectivity index (χ2n) is 14.7. The predicted octanol–water partition coefficient (Wildman–Crippen LogP) is 0.219. The van der Waals surface area contributed by atoms with E-state index in [2.05, 4.69) is 38.8 Å². The zero-order valence-corrected chi connectivity index (χ0v) is 33.6. The lowest BCUT2D eigenvalue weighted by molar-refractivity contribution is -0.137. The third-order valence-electron chi connectivity index (χ3n) is 8.91. The van der Waals surface area contributed by atoms with Gasteiger partial charge in [0.1, 0.15) is 36.3 Å². The molecule has 0 saturated carbocycles. The SMILES string of the molecule is CCCCCCCCCC(=O)N[C@H](C(=O)N[C@H](C(=O)N[C@@H](C)C(=O)N[C@@H](C)C(=O)N[C@@H](CCCC(=O)O)C(=O)N[C@@H](CCC(O)O)C(N)=O)C(C)C)C(C)C. The average Bonchev–Trinajstić information content (AvgIpc) is 3.09. The second kappa shape index (κ2) is 27.3. The average molecular weight is 786 g/mol. The van der Waals surface area contributed by atoms with Crippen LogP contribution in [0.3, 0.4) is 0 Å². The van der Waals surface area contributed by atoms with E-state index in [9.17, 15) is 38.4 Å². The fraction of sp³-hybridized carbons (Fsp3) is 0.784. The monoisotopic (exact) mass is 785 g/mol. The number of nitrogens with two attached hydrogens (primary N) is 1. The summed E-state index contributed by atoms with van der Waals surface area (Å²) >= 11 is 0. The van der Waals surface area contributed by atoms with Gasteiger partial charge in [0.2, 0.25) is 41.4 Å². The number of aliphatic hydroxyl groups is 2. The lowest BCUT2D eigenvalue weighted by Gasteiger charge is -2.28. The Kier molecular flexibility index (Phi) is 25.1. The van der Waals surface area contributed by atoms with Gasteiger partial charge in [0.15, 0.2) is 6.29 Å². The van der Waals surface area contributed by atoms with Crippen LogP contribution in [-0.2, 0) is 38.4 Å². The maximum atomic E-state index is 13.3. The van der Waals surface area contributed by atoms with Crippen LogP contribution in [0.2, 0.25) is 0 Å². The van der Waals surface area contributed by atoms with Gasteiger partial charge in [0.25, 0.3) is 0 Å². The molecule has 0 aliphatic carbocycles. The predicted molar refractivity (Wildman–Crippen MR) is 203 cm³/mol. The van der Waals surface area contributed by atoms with Gasteiger partial charge >= 0.3 is 5.97 Å². The van der Waals surface area contributed by atoms with Gasteiger partial charge in [-0.1, -0.05) is 73.1 Å². The Bertz CT molecular complexity index is 1260. The van der Waals surface area contributed by atoms with Crippen LogP contribution in [0.1, 0.15) is 132 Å². The number of carbonyl (C=O) groups excluding carboxylic acids is 7. The quantitative estimate of drug-likeness (QED) is 0.0361. The molecular formula is C37H67N7O11. The van der Waals surface area contributed by atoms with Gasteiger partial charge in [-0.3, -0.25) is 38.4 Å². The molecule has 18 heteroatoms. The molecule has 0 radical (unpaired) electrons. The number of aliphatic carboxylic acids is 1. The zero-order valence-electron chi connectivity index (χ0n) is 33.6. The largest absolute Gasteiger partial charge is 0.481 e. The number of hydrogen-bond donors (Lipinski definition) is 10. The summed E-state index contributed by atoms with van der Waals surface area (Å²) in [5, 5.41) is 42.5. The minimum absolute atomic E-state index is 0.0365. The van der Waals surface area contributed by atoms with E-state index in [4.69, 9.17) is 21.1 Å². The second-order valence-corrected chi connectivity index (χ2v) is 14.7. The molecule has 0 aliphatic heterocycles. The summed E-state index contributed by atoms with van der Waals surface area (Å²) in [5.74, 6) is -6.78. The molecule has 18 nitrogen and oxygen atoms in total. The van der Waals surface area contributed by atoms with Crippen molar-refractivity contribution in [3.05, 3.63) is 0 Å². The van der Waals surface area contributed by atoms with Crippen molar-refractivity contribution in [3.8, 4) is 0 Å². The van der Waals surface area contributed by atoms with Crippen molar-refractivity contribution in [3.63, 3.8) is 0 Å². The molecule has 0 rings (SSSR count). The van der Waals surface area contributed by atoms with E-state index in [1.54, 1.807) is 27.7 Å². The highest BCUT2D eigenvalue weighted by molar-refractivity contribution is 5.96. The number of rotatable bonds is 29. The Morgan fingerprint density at radius 2 is 0.982 bits per heavy atom. The first kappa shape index (κ1) is 50.7. The van der Waals surface area contributed by atoms with Crippen molar-refractivity contribution in [1.82, 2.24) is 31.9 Å². The molecular weight excluding hydrogens is 718 g/mol. The minimum atomic E-state index is -1.77. The normalized spacial score (nSPS) is 14.5. The van der Waals surface area contributed by atoms with Crippen LogP contribution >= 0.6 is 0 Å². The van der Waals surface area contributed by atoms with Gasteiger partial charge in [0.05, 0.1) is 0 Å². The van der Waals surface area contributed by atoms with E-state index >= 15 is 0 Å². The third-order valence-corrected chi connectivity index (χ3v) is 8.91. The molecule has 0 spiro atoms. The van der Waals surface area contributed by atoms with E-state index in [1.807, 2.05) is 0 Å². The first-order chi connectivity index (χ1) is 25.7. The Hall–Kier alpha value is -4.32. The van der Waals surface area contributed by atoms with E-state index in [0.29, 0.717) is 6.42 Å². The maximum Gasteiger partial charge on any atom is 0.303 e. The highest BCUT2D eigenvalue weighted by atomic mass is 16.5. The summed E-state index contributed by atoms with van der Waals surface area (Å²) < 4.78 is 0. The molecule has 0 fully saturated rings. The number of primary amides is 1. The number of aliphatic hydroxyl groups excluding tert-OH is 1. The van der Waals surface area contributed by atoms with Crippen LogP contribution in [-0.4, -0.2) is 105 Å². The van der Waals surface area contributed by atoms with E-state index in [-0.39, 0.29) is 50.4 Å². The van der Waals surface area contributed by atoms with Crippen LogP contribution in [0.25, 0.3) is 0 Å². The number of amides is 7. The fourth-order valence-electron chi connectivity index (χ4n) is 5.47. The van der Waals surface area contributed by atoms with Crippen molar-refractivity contribution >= 4 is 47.3 Å². The summed E-state index contributed by atoms with van der Waals surface area (Å²) in [4.78, 5) is 101. The summed E-state index contributed by atoms with van der Waals surface area (Å²) in [6.45, 7) is 11.8. The Balaban J connectivity index is 5.42.